The van der Waals surface area contributed by atoms with E-state index in [-0.39, 0.29) is 18.1 Å². The van der Waals surface area contributed by atoms with Crippen molar-refractivity contribution in [2.24, 2.45) is 0 Å². The number of aliphatic hydroxyl groups excluding tert-OH is 1. The molecule has 34 heavy (non-hydrogen) atoms. The normalized spacial score (nSPS) is 16.1. The number of hydrogen-bond acceptors (Lipinski definition) is 9. The van der Waals surface area contributed by atoms with Crippen molar-refractivity contribution in [2.45, 2.75) is 19.3 Å². The quantitative estimate of drug-likeness (QED) is 0.468. The minimum Gasteiger partial charge on any atom is -0.478 e. The van der Waals surface area contributed by atoms with E-state index < -0.39 is 60.6 Å². The molecule has 3 rings (SSSR count). The Hall–Kier alpha value is -3.79. The number of nitrogens with zero attached hydrogens (tertiary/aromatic N) is 5. The lowest BCUT2D eigenvalue weighted by molar-refractivity contribution is -0.154. The number of rotatable bonds is 8. The number of aliphatic hydroxyl groups is 1. The molecule has 1 aliphatic rings. The summed E-state index contributed by atoms with van der Waals surface area (Å²) in [5.41, 5.74) is 1.80. The van der Waals surface area contributed by atoms with Crippen LogP contribution in [0, 0.1) is 5.82 Å². The van der Waals surface area contributed by atoms with Gasteiger partial charge in [-0.2, -0.15) is 28.7 Å². The van der Waals surface area contributed by atoms with E-state index in [1.807, 2.05) is 0 Å². The third-order valence-corrected chi connectivity index (χ3v) is 4.48. The smallest absolute Gasteiger partial charge is 0.422 e. The number of carbonyl (C=O) groups is 2. The van der Waals surface area contributed by atoms with Gasteiger partial charge in [0.05, 0.1) is 19.9 Å². The van der Waals surface area contributed by atoms with Crippen molar-refractivity contribution in [3.8, 4) is 11.8 Å². The number of nitrogens with one attached hydrogen (secondary N) is 2. The average Bonchev–Trinajstić information content (AvgIpc) is 3.12. The fourth-order valence-corrected chi connectivity index (χ4v) is 2.98. The highest BCUT2D eigenvalue weighted by Gasteiger charge is 2.39. The minimum atomic E-state index is -4.80. The zero-order valence-electron chi connectivity index (χ0n) is 17.8. The fourth-order valence-electron chi connectivity index (χ4n) is 2.98. The SMILES string of the molecule is CCN1C(=O)N(c2nc(OCC(F)(F)F)c(C(=O)Nc3ccnnc3OC)cc2F)NC1CO. The van der Waals surface area contributed by atoms with E-state index in [4.69, 9.17) is 4.74 Å². The van der Waals surface area contributed by atoms with Gasteiger partial charge in [-0.05, 0) is 19.1 Å². The number of alkyl halides is 3. The fraction of sp³-hybridized carbons (Fsp3) is 0.389. The van der Waals surface area contributed by atoms with E-state index in [0.29, 0.717) is 11.1 Å². The lowest BCUT2D eigenvalue weighted by Crippen LogP contribution is -2.41. The van der Waals surface area contributed by atoms with Crippen LogP contribution in [0.25, 0.3) is 0 Å². The number of hydrogen-bond donors (Lipinski definition) is 3. The van der Waals surface area contributed by atoms with Crippen molar-refractivity contribution in [3.05, 3.63) is 29.7 Å². The third-order valence-electron chi connectivity index (χ3n) is 4.48. The predicted molar refractivity (Wildman–Crippen MR) is 107 cm³/mol. The van der Waals surface area contributed by atoms with Gasteiger partial charge >= 0.3 is 12.2 Å². The Balaban J connectivity index is 2.00. The largest absolute Gasteiger partial charge is 0.478 e. The first-order chi connectivity index (χ1) is 16.1. The molecule has 0 aliphatic carbocycles. The molecular formula is C18H19F4N7O5. The molecule has 2 aromatic rings. The molecule has 1 fully saturated rings. The maximum absolute atomic E-state index is 15.0. The molecule has 3 N–H and O–H groups in total. The monoisotopic (exact) mass is 489 g/mol. The van der Waals surface area contributed by atoms with Gasteiger partial charge in [0.1, 0.15) is 17.4 Å². The van der Waals surface area contributed by atoms with Gasteiger partial charge in [-0.3, -0.25) is 4.79 Å². The summed E-state index contributed by atoms with van der Waals surface area (Å²) in [6.45, 7) is -0.636. The Morgan fingerprint density at radius 3 is 2.68 bits per heavy atom. The number of aromatic nitrogens is 3. The van der Waals surface area contributed by atoms with Crippen LogP contribution in [0.2, 0.25) is 0 Å². The van der Waals surface area contributed by atoms with Gasteiger partial charge < -0.3 is 24.8 Å². The van der Waals surface area contributed by atoms with Crippen LogP contribution in [0.1, 0.15) is 17.3 Å². The molecule has 1 aliphatic heterocycles. The van der Waals surface area contributed by atoms with Gasteiger partial charge in [0.15, 0.2) is 18.2 Å². The summed E-state index contributed by atoms with van der Waals surface area (Å²) >= 11 is 0. The molecule has 184 valence electrons. The summed E-state index contributed by atoms with van der Waals surface area (Å²) in [4.78, 5) is 30.1. The van der Waals surface area contributed by atoms with Crippen molar-refractivity contribution in [1.82, 2.24) is 25.5 Å². The second-order valence-electron chi connectivity index (χ2n) is 6.69. The van der Waals surface area contributed by atoms with Crippen LogP contribution in [0.5, 0.6) is 11.8 Å². The van der Waals surface area contributed by atoms with Gasteiger partial charge in [-0.1, -0.05) is 0 Å². The number of pyridine rings is 1. The van der Waals surface area contributed by atoms with Crippen molar-refractivity contribution in [1.29, 1.82) is 0 Å². The number of anilines is 2. The van der Waals surface area contributed by atoms with Gasteiger partial charge in [0, 0.05) is 6.54 Å². The van der Waals surface area contributed by atoms with Gasteiger partial charge in [-0.25, -0.2) is 14.2 Å². The Bertz CT molecular complexity index is 1070. The van der Waals surface area contributed by atoms with Gasteiger partial charge in [0.2, 0.25) is 5.88 Å². The zero-order chi connectivity index (χ0) is 25.0. The standard InChI is InChI=1S/C18H19F4N7O5/c1-3-28-12(7-30)27-29(17(28)32)13-10(19)6-9(15(25-13)34-8-18(20,21)22)14(31)24-11-4-5-23-26-16(11)33-2/h4-6,12,27,30H,3,7-8H2,1-2H3,(H,23,24,31). The molecule has 0 spiro atoms. The zero-order valence-corrected chi connectivity index (χ0v) is 17.8. The Morgan fingerprint density at radius 2 is 2.09 bits per heavy atom. The summed E-state index contributed by atoms with van der Waals surface area (Å²) < 4.78 is 62.9. The minimum absolute atomic E-state index is 0.00508. The highest BCUT2D eigenvalue weighted by molar-refractivity contribution is 6.06. The maximum Gasteiger partial charge on any atom is 0.422 e. The number of methoxy groups -OCH3 is 1. The molecule has 0 bridgehead atoms. The second kappa shape index (κ2) is 10.0. The molecule has 12 nitrogen and oxygen atoms in total. The highest BCUT2D eigenvalue weighted by atomic mass is 19.4. The summed E-state index contributed by atoms with van der Waals surface area (Å²) in [6, 6.07) is 1.04. The number of urea groups is 1. The van der Waals surface area contributed by atoms with Crippen LogP contribution in [-0.4, -0.2) is 76.3 Å². The van der Waals surface area contributed by atoms with Crippen LogP contribution in [0.15, 0.2) is 18.3 Å². The van der Waals surface area contributed by atoms with Crippen molar-refractivity contribution < 1.29 is 41.7 Å². The van der Waals surface area contributed by atoms with Crippen molar-refractivity contribution in [2.75, 3.05) is 37.2 Å². The lowest BCUT2D eigenvalue weighted by Gasteiger charge is -2.19. The average molecular weight is 489 g/mol. The van der Waals surface area contributed by atoms with Crippen molar-refractivity contribution >= 4 is 23.4 Å². The molecule has 0 saturated carbocycles. The molecule has 2 aromatic heterocycles. The Morgan fingerprint density at radius 1 is 1.35 bits per heavy atom. The van der Waals surface area contributed by atoms with E-state index in [1.54, 1.807) is 6.92 Å². The van der Waals surface area contributed by atoms with Gasteiger partial charge in [-0.15, -0.1) is 5.10 Å². The van der Waals surface area contributed by atoms with Gasteiger partial charge in [0.25, 0.3) is 11.8 Å². The number of amides is 3. The first-order valence-electron chi connectivity index (χ1n) is 9.64. The van der Waals surface area contributed by atoms with E-state index >= 15 is 0 Å². The molecule has 1 atom stereocenters. The summed E-state index contributed by atoms with van der Waals surface area (Å²) in [5, 5.41) is 19.5. The third kappa shape index (κ3) is 5.23. The number of carbonyl (C=O) groups excluding carboxylic acids is 2. The van der Waals surface area contributed by atoms with Crippen LogP contribution in [-0.2, 0) is 0 Å². The number of halogens is 4. The molecule has 3 amide bonds. The Labute approximate surface area is 189 Å². The first kappa shape index (κ1) is 24.8. The van der Waals surface area contributed by atoms with Crippen LogP contribution in [0.4, 0.5) is 33.9 Å². The molecule has 0 radical (unpaired) electrons. The van der Waals surface area contributed by atoms with Crippen LogP contribution in [0.3, 0.4) is 0 Å². The molecule has 16 heteroatoms. The number of ether oxygens (including phenoxy) is 2. The number of hydrazine groups is 1. The number of likely N-dealkylation sites (N-methyl/N-ethyl adjacent to an activating group) is 1. The summed E-state index contributed by atoms with van der Waals surface area (Å²) in [7, 11) is 1.24. The van der Waals surface area contributed by atoms with E-state index in [2.05, 4.69) is 30.7 Å². The van der Waals surface area contributed by atoms with Crippen LogP contribution < -0.4 is 25.2 Å². The predicted octanol–water partition coefficient (Wildman–Crippen LogP) is 1.30. The lowest BCUT2D eigenvalue weighted by atomic mass is 10.2. The maximum atomic E-state index is 15.0. The van der Waals surface area contributed by atoms with E-state index in [1.165, 1.54) is 19.4 Å². The van der Waals surface area contributed by atoms with E-state index in [0.717, 1.165) is 4.90 Å². The van der Waals surface area contributed by atoms with E-state index in [9.17, 15) is 32.3 Å². The van der Waals surface area contributed by atoms with Crippen molar-refractivity contribution in [3.63, 3.8) is 0 Å². The molecule has 1 unspecified atom stereocenters. The summed E-state index contributed by atoms with van der Waals surface area (Å²) in [5.74, 6) is -4.07. The molecule has 3 heterocycles. The first-order valence-corrected chi connectivity index (χ1v) is 9.64. The Kier molecular flexibility index (Phi) is 7.31. The summed E-state index contributed by atoms with van der Waals surface area (Å²) in [6.07, 6.45) is -4.51. The molecule has 0 aromatic carbocycles. The molecular weight excluding hydrogens is 470 g/mol. The highest BCUT2D eigenvalue weighted by Crippen LogP contribution is 2.30. The second-order valence-corrected chi connectivity index (χ2v) is 6.69. The topological polar surface area (TPSA) is 142 Å². The van der Waals surface area contributed by atoms with Crippen LogP contribution >= 0.6 is 0 Å². The molecule has 1 saturated heterocycles.